The third kappa shape index (κ3) is 6.58. The molecule has 0 bridgehead atoms. The molecule has 4 aromatic rings. The van der Waals surface area contributed by atoms with Crippen LogP contribution in [0.15, 0.2) is 102 Å². The van der Waals surface area contributed by atoms with Gasteiger partial charge in [0.15, 0.2) is 5.75 Å². The van der Waals surface area contributed by atoms with Gasteiger partial charge in [-0.3, -0.25) is 9.10 Å². The first-order valence-corrected chi connectivity index (χ1v) is 13.8. The van der Waals surface area contributed by atoms with E-state index in [2.05, 4.69) is 5.32 Å². The number of halogens is 2. The number of hydrogen-bond donors (Lipinski definition) is 1. The van der Waals surface area contributed by atoms with Gasteiger partial charge in [-0.1, -0.05) is 53.5 Å². The van der Waals surface area contributed by atoms with Crippen LogP contribution in [-0.2, 0) is 14.8 Å². The quantitative estimate of drug-likeness (QED) is 0.221. The molecule has 0 atom stereocenters. The van der Waals surface area contributed by atoms with Crippen molar-refractivity contribution in [3.63, 3.8) is 0 Å². The fourth-order valence-corrected chi connectivity index (χ4v) is 5.33. The second kappa shape index (κ2) is 12.2. The molecule has 0 aliphatic carbocycles. The number of carbonyl (C=O) groups is 1. The molecule has 0 heterocycles. The van der Waals surface area contributed by atoms with Crippen LogP contribution in [0.4, 0.5) is 11.4 Å². The molecule has 4 rings (SSSR count). The molecule has 0 aromatic heterocycles. The molecule has 0 spiro atoms. The monoisotopic (exact) mass is 570 g/mol. The molecule has 4 aromatic carbocycles. The normalized spacial score (nSPS) is 11.0. The average molecular weight is 571 g/mol. The van der Waals surface area contributed by atoms with Crippen molar-refractivity contribution in [2.45, 2.75) is 11.8 Å². The Bertz CT molecular complexity index is 1510. The van der Waals surface area contributed by atoms with Gasteiger partial charge >= 0.3 is 0 Å². The number of amides is 1. The van der Waals surface area contributed by atoms with Gasteiger partial charge in [0.2, 0.25) is 5.91 Å². The standard InChI is InChI=1S/C28H24Cl2N2O5S/c1-2-36-27-11-7-6-10-25(27)32(38(34,35)23-15-12-20(29)13-16-23)19-28(33)31-24-18-21(30)14-17-26(24)37-22-8-4-3-5-9-22/h3-18H,2,19H2,1H3,(H,31,33). The van der Waals surface area contributed by atoms with E-state index in [4.69, 9.17) is 32.7 Å². The smallest absolute Gasteiger partial charge is 0.264 e. The largest absolute Gasteiger partial charge is 0.492 e. The highest BCUT2D eigenvalue weighted by atomic mass is 35.5. The minimum atomic E-state index is -4.19. The first kappa shape index (κ1) is 27.3. The summed E-state index contributed by atoms with van der Waals surface area (Å²) in [5.74, 6) is 0.601. The van der Waals surface area contributed by atoms with Crippen molar-refractivity contribution in [1.82, 2.24) is 0 Å². The SMILES string of the molecule is CCOc1ccccc1N(CC(=O)Nc1cc(Cl)ccc1Oc1ccccc1)S(=O)(=O)c1ccc(Cl)cc1. The predicted octanol–water partition coefficient (Wildman–Crippen LogP) is 7.02. The highest BCUT2D eigenvalue weighted by Crippen LogP contribution is 2.34. The Balaban J connectivity index is 1.68. The maximum atomic E-state index is 13.8. The van der Waals surface area contributed by atoms with Gasteiger partial charge in [0, 0.05) is 10.0 Å². The number of sulfonamides is 1. The highest BCUT2D eigenvalue weighted by Gasteiger charge is 2.30. The van der Waals surface area contributed by atoms with Gasteiger partial charge in [-0.2, -0.15) is 0 Å². The van der Waals surface area contributed by atoms with Crippen LogP contribution < -0.4 is 19.1 Å². The number of nitrogens with one attached hydrogen (secondary N) is 1. The lowest BCUT2D eigenvalue weighted by Gasteiger charge is -2.26. The fourth-order valence-electron chi connectivity index (χ4n) is 3.60. The Labute approximate surface area is 231 Å². The average Bonchev–Trinajstić information content (AvgIpc) is 2.90. The molecular weight excluding hydrogens is 547 g/mol. The van der Waals surface area contributed by atoms with Crippen molar-refractivity contribution >= 4 is 50.5 Å². The Morgan fingerprint density at radius 1 is 0.842 bits per heavy atom. The molecule has 0 aliphatic heterocycles. The summed E-state index contributed by atoms with van der Waals surface area (Å²) in [5, 5.41) is 3.49. The van der Waals surface area contributed by atoms with E-state index in [9.17, 15) is 13.2 Å². The molecule has 0 fully saturated rings. The molecule has 0 unspecified atom stereocenters. The topological polar surface area (TPSA) is 84.9 Å². The van der Waals surface area contributed by atoms with E-state index >= 15 is 0 Å². The van der Waals surface area contributed by atoms with E-state index in [1.807, 2.05) is 18.2 Å². The summed E-state index contributed by atoms with van der Waals surface area (Å²) in [4.78, 5) is 13.3. The number of para-hydroxylation sites is 3. The zero-order chi connectivity index (χ0) is 27.1. The van der Waals surface area contributed by atoms with Gasteiger partial charge in [-0.15, -0.1) is 0 Å². The first-order chi connectivity index (χ1) is 18.3. The number of rotatable bonds is 10. The molecule has 10 heteroatoms. The van der Waals surface area contributed by atoms with E-state index in [0.29, 0.717) is 33.9 Å². The van der Waals surface area contributed by atoms with Crippen LogP contribution in [-0.4, -0.2) is 27.5 Å². The molecule has 7 nitrogen and oxygen atoms in total. The molecule has 0 saturated carbocycles. The molecule has 38 heavy (non-hydrogen) atoms. The van der Waals surface area contributed by atoms with E-state index < -0.39 is 22.5 Å². The number of nitrogens with zero attached hydrogens (tertiary/aromatic N) is 1. The molecule has 0 aliphatic rings. The van der Waals surface area contributed by atoms with Gasteiger partial charge < -0.3 is 14.8 Å². The second-order valence-corrected chi connectivity index (χ2v) is 10.7. The zero-order valence-corrected chi connectivity index (χ0v) is 22.6. The Morgan fingerprint density at radius 3 is 2.21 bits per heavy atom. The Kier molecular flexibility index (Phi) is 8.78. The number of benzene rings is 4. The summed E-state index contributed by atoms with van der Waals surface area (Å²) in [6.07, 6.45) is 0. The molecule has 196 valence electrons. The lowest BCUT2D eigenvalue weighted by Crippen LogP contribution is -2.38. The molecule has 1 N–H and O–H groups in total. The van der Waals surface area contributed by atoms with Crippen LogP contribution >= 0.6 is 23.2 Å². The number of anilines is 2. The fraction of sp³-hybridized carbons (Fsp3) is 0.107. The number of hydrogen-bond acceptors (Lipinski definition) is 5. The summed E-state index contributed by atoms with van der Waals surface area (Å²) in [5.41, 5.74) is 0.500. The van der Waals surface area contributed by atoms with E-state index in [-0.39, 0.29) is 16.3 Å². The number of carbonyl (C=O) groups excluding carboxylic acids is 1. The van der Waals surface area contributed by atoms with Gasteiger partial charge in [-0.05, 0) is 73.7 Å². The highest BCUT2D eigenvalue weighted by molar-refractivity contribution is 7.92. The van der Waals surface area contributed by atoms with E-state index in [1.54, 1.807) is 55.5 Å². The maximum Gasteiger partial charge on any atom is 0.264 e. The second-order valence-electron chi connectivity index (χ2n) is 7.97. The first-order valence-electron chi connectivity index (χ1n) is 11.6. The van der Waals surface area contributed by atoms with Crippen LogP contribution in [0.25, 0.3) is 0 Å². The van der Waals surface area contributed by atoms with Crippen molar-refractivity contribution in [2.24, 2.45) is 0 Å². The summed E-state index contributed by atoms with van der Waals surface area (Å²) < 4.78 is 40.1. The van der Waals surface area contributed by atoms with Gasteiger partial charge in [0.05, 0.1) is 22.9 Å². The Morgan fingerprint density at radius 2 is 1.50 bits per heavy atom. The third-order valence-corrected chi connectivity index (χ3v) is 7.57. The van der Waals surface area contributed by atoms with Gasteiger partial charge in [0.1, 0.15) is 18.0 Å². The van der Waals surface area contributed by atoms with E-state index in [1.165, 1.54) is 30.3 Å². The van der Waals surface area contributed by atoms with E-state index in [0.717, 1.165) is 4.31 Å². The van der Waals surface area contributed by atoms with Gasteiger partial charge in [-0.25, -0.2) is 8.42 Å². The lowest BCUT2D eigenvalue weighted by atomic mass is 10.2. The summed E-state index contributed by atoms with van der Waals surface area (Å²) >= 11 is 12.2. The zero-order valence-electron chi connectivity index (χ0n) is 20.3. The van der Waals surface area contributed by atoms with Crippen LogP contribution in [0.2, 0.25) is 10.0 Å². The molecule has 0 saturated heterocycles. The van der Waals surface area contributed by atoms with Crippen LogP contribution in [0.1, 0.15) is 6.92 Å². The van der Waals surface area contributed by atoms with Crippen LogP contribution in [0.3, 0.4) is 0 Å². The van der Waals surface area contributed by atoms with Crippen molar-refractivity contribution in [3.05, 3.63) is 107 Å². The van der Waals surface area contributed by atoms with Crippen LogP contribution in [0.5, 0.6) is 17.2 Å². The predicted molar refractivity (Wildman–Crippen MR) is 150 cm³/mol. The minimum absolute atomic E-state index is 0.0307. The molecular formula is C28H24Cl2N2O5S. The van der Waals surface area contributed by atoms with Crippen molar-refractivity contribution in [1.29, 1.82) is 0 Å². The third-order valence-electron chi connectivity index (χ3n) is 5.31. The van der Waals surface area contributed by atoms with Crippen molar-refractivity contribution < 1.29 is 22.7 Å². The number of ether oxygens (including phenoxy) is 2. The van der Waals surface area contributed by atoms with Crippen molar-refractivity contribution in [2.75, 3.05) is 22.8 Å². The summed E-state index contributed by atoms with van der Waals surface area (Å²) in [6.45, 7) is 1.54. The van der Waals surface area contributed by atoms with Crippen molar-refractivity contribution in [3.8, 4) is 17.2 Å². The van der Waals surface area contributed by atoms with Gasteiger partial charge in [0.25, 0.3) is 10.0 Å². The molecule has 1 amide bonds. The maximum absolute atomic E-state index is 13.8. The molecule has 0 radical (unpaired) electrons. The summed E-state index contributed by atoms with van der Waals surface area (Å²) in [6, 6.07) is 26.1. The Hall–Kier alpha value is -3.72. The minimum Gasteiger partial charge on any atom is -0.492 e. The lowest BCUT2D eigenvalue weighted by molar-refractivity contribution is -0.114. The summed E-state index contributed by atoms with van der Waals surface area (Å²) in [7, 11) is -4.19. The van der Waals surface area contributed by atoms with Crippen LogP contribution in [0, 0.1) is 0 Å².